The Balaban J connectivity index is 2.66. The molecule has 0 saturated heterocycles. The summed E-state index contributed by atoms with van der Waals surface area (Å²) in [6, 6.07) is 23.2. The minimum Gasteiger partial charge on any atom is -0.436 e. The molecule has 2 rings (SSSR count). The normalized spacial score (nSPS) is 13.3. The lowest BCUT2D eigenvalue weighted by molar-refractivity contribution is 0.314. The van der Waals surface area contributed by atoms with Gasteiger partial charge in [-0.2, -0.15) is 0 Å². The summed E-state index contributed by atoms with van der Waals surface area (Å²) in [7, 11) is -13.1. The first-order valence-electron chi connectivity index (χ1n) is 14.5. The Morgan fingerprint density at radius 1 is 0.590 bits per heavy atom. The van der Waals surface area contributed by atoms with Gasteiger partial charge >= 0.3 is 25.7 Å². The Labute approximate surface area is 244 Å². The largest absolute Gasteiger partial charge is 0.436 e. The molecule has 0 heterocycles. The van der Waals surface area contributed by atoms with Gasteiger partial charge in [-0.3, -0.25) is 0 Å². The van der Waals surface area contributed by atoms with Gasteiger partial charge in [-0.25, -0.2) is 0 Å². The quantitative estimate of drug-likeness (QED) is 0.160. The molecule has 0 aliphatic carbocycles. The van der Waals surface area contributed by atoms with Crippen LogP contribution in [0.1, 0.15) is 39.5 Å². The Morgan fingerprint density at radius 2 is 1.00 bits per heavy atom. The van der Waals surface area contributed by atoms with Gasteiger partial charge in [0.05, 0.1) is 0 Å². The Bertz CT molecular complexity index is 981. The van der Waals surface area contributed by atoms with E-state index in [-0.39, 0.29) is 0 Å². The topological polar surface area (TPSA) is 36.9 Å². The summed E-state index contributed by atoms with van der Waals surface area (Å²) in [6.45, 7) is 26.5. The van der Waals surface area contributed by atoms with Crippen molar-refractivity contribution in [3.8, 4) is 0 Å². The molecule has 2 aromatic carbocycles. The van der Waals surface area contributed by atoms with Crippen LogP contribution < -0.4 is 10.4 Å². The highest BCUT2D eigenvalue weighted by Gasteiger charge is 2.54. The van der Waals surface area contributed by atoms with Crippen LogP contribution in [-0.2, 0) is 16.5 Å². The third-order valence-corrected chi connectivity index (χ3v) is 26.4. The van der Waals surface area contributed by atoms with Crippen LogP contribution in [0.25, 0.3) is 0 Å². The zero-order valence-corrected chi connectivity index (χ0v) is 30.7. The van der Waals surface area contributed by atoms with E-state index in [4.69, 9.17) is 16.5 Å². The molecule has 39 heavy (non-hydrogen) atoms. The zero-order chi connectivity index (χ0) is 29.2. The molecule has 0 spiro atoms. The molecule has 4 nitrogen and oxygen atoms in total. The van der Waals surface area contributed by atoms with Gasteiger partial charge < -0.3 is 16.5 Å². The van der Waals surface area contributed by atoms with Crippen molar-refractivity contribution in [3.63, 3.8) is 0 Å². The zero-order valence-electron chi connectivity index (χ0n) is 25.7. The summed E-state index contributed by atoms with van der Waals surface area (Å²) in [6.07, 6.45) is 4.62. The fourth-order valence-corrected chi connectivity index (χ4v) is 28.1. The lowest BCUT2D eigenvalue weighted by Gasteiger charge is -2.45. The van der Waals surface area contributed by atoms with Crippen LogP contribution in [0.3, 0.4) is 0 Å². The van der Waals surface area contributed by atoms with Gasteiger partial charge in [0.15, 0.2) is 16.6 Å². The number of rotatable bonds is 18. The molecule has 0 aromatic heterocycles. The highest BCUT2D eigenvalue weighted by Crippen LogP contribution is 2.30. The van der Waals surface area contributed by atoms with Gasteiger partial charge in [-0.15, -0.1) is 13.2 Å². The minimum absolute atomic E-state index is 1.07. The van der Waals surface area contributed by atoms with Gasteiger partial charge in [0.2, 0.25) is 0 Å². The van der Waals surface area contributed by atoms with E-state index in [2.05, 4.69) is 115 Å². The standard InChI is InChI=1S/C30H52O4Si5/c1-11-15-27-35(5,6)31-37(9,10)33-38(13-3,14-4)34-39(29-23-19-17-20-24-29,30-25-21-18-22-26-30)32-36(7,8)28-16-12-2/h13-14,17-26H,3-4,11-12,15-16,27-28H2,1-2,5-10H3. The summed E-state index contributed by atoms with van der Waals surface area (Å²) in [4.78, 5) is 0. The molecule has 0 saturated carbocycles. The number of hydrogen-bond acceptors (Lipinski definition) is 4. The van der Waals surface area contributed by atoms with Crippen LogP contribution in [0.15, 0.2) is 85.2 Å². The smallest absolute Gasteiger partial charge is 0.388 e. The second kappa shape index (κ2) is 14.7. The maximum Gasteiger partial charge on any atom is 0.388 e. The van der Waals surface area contributed by atoms with Crippen LogP contribution in [0.2, 0.25) is 51.4 Å². The Morgan fingerprint density at radius 3 is 1.38 bits per heavy atom. The van der Waals surface area contributed by atoms with Crippen molar-refractivity contribution < 1.29 is 16.5 Å². The summed E-state index contributed by atoms with van der Waals surface area (Å²) >= 11 is 0. The number of benzene rings is 2. The third-order valence-electron chi connectivity index (χ3n) is 6.79. The molecule has 0 N–H and O–H groups in total. The van der Waals surface area contributed by atoms with Crippen molar-refractivity contribution in [2.75, 3.05) is 0 Å². The molecule has 0 radical (unpaired) electrons. The Kier molecular flexibility index (Phi) is 12.8. The molecule has 0 aliphatic heterocycles. The Hall–Kier alpha value is -1.16. The van der Waals surface area contributed by atoms with Crippen molar-refractivity contribution in [3.05, 3.63) is 85.2 Å². The van der Waals surface area contributed by atoms with E-state index in [9.17, 15) is 0 Å². The van der Waals surface area contributed by atoms with Crippen molar-refractivity contribution >= 4 is 52.7 Å². The average Bonchev–Trinajstić information content (AvgIpc) is 2.90. The predicted octanol–water partition coefficient (Wildman–Crippen LogP) is 7.91. The third kappa shape index (κ3) is 10.0. The van der Waals surface area contributed by atoms with E-state index in [0.29, 0.717) is 0 Å². The molecule has 0 amide bonds. The molecule has 9 heteroatoms. The van der Waals surface area contributed by atoms with Crippen molar-refractivity contribution in [2.24, 2.45) is 0 Å². The highest BCUT2D eigenvalue weighted by atomic mass is 28.5. The molecule has 2 aromatic rings. The van der Waals surface area contributed by atoms with E-state index >= 15 is 0 Å². The maximum atomic E-state index is 7.45. The van der Waals surface area contributed by atoms with Crippen LogP contribution >= 0.6 is 0 Å². The van der Waals surface area contributed by atoms with Crippen molar-refractivity contribution in [1.29, 1.82) is 0 Å². The second-order valence-corrected chi connectivity index (χ2v) is 30.8. The summed E-state index contributed by atoms with van der Waals surface area (Å²) < 4.78 is 28.8. The van der Waals surface area contributed by atoms with Crippen LogP contribution in [0, 0.1) is 0 Å². The van der Waals surface area contributed by atoms with Gasteiger partial charge in [-0.05, 0) is 73.1 Å². The molecule has 0 aliphatic rings. The lowest BCUT2D eigenvalue weighted by atomic mass is 10.4. The lowest BCUT2D eigenvalue weighted by Crippen LogP contribution is -2.72. The molecule has 0 bridgehead atoms. The highest BCUT2D eigenvalue weighted by molar-refractivity contribution is 7.04. The first-order valence-corrected chi connectivity index (χ1v) is 27.3. The summed E-state index contributed by atoms with van der Waals surface area (Å²) in [5, 5.41) is 2.16. The summed E-state index contributed by atoms with van der Waals surface area (Å²) in [5.41, 5.74) is 3.74. The maximum absolute atomic E-state index is 7.45. The first kappa shape index (κ1) is 34.0. The van der Waals surface area contributed by atoms with E-state index in [1.807, 2.05) is 23.5 Å². The molecule has 0 unspecified atom stereocenters. The fraction of sp³-hybridized carbons (Fsp3) is 0.467. The number of hydrogen-bond donors (Lipinski definition) is 0. The van der Waals surface area contributed by atoms with E-state index < -0.39 is 42.3 Å². The van der Waals surface area contributed by atoms with Gasteiger partial charge in [0.1, 0.15) is 0 Å². The van der Waals surface area contributed by atoms with Crippen LogP contribution in [-0.4, -0.2) is 42.3 Å². The van der Waals surface area contributed by atoms with Crippen molar-refractivity contribution in [2.45, 2.75) is 90.9 Å². The SMILES string of the molecule is C=C[Si](C=C)(O[Si](C)(C)O[Si](C)(C)CCCC)O[Si](O[Si](C)(C)CCCC)(c1ccccc1)c1ccccc1. The molecule has 0 fully saturated rings. The van der Waals surface area contributed by atoms with Crippen LogP contribution in [0.5, 0.6) is 0 Å². The molecule has 216 valence electrons. The predicted molar refractivity (Wildman–Crippen MR) is 180 cm³/mol. The first-order chi connectivity index (χ1) is 18.3. The van der Waals surface area contributed by atoms with E-state index in [0.717, 1.165) is 35.3 Å². The molecular formula is C30H52O4Si5. The van der Waals surface area contributed by atoms with Gasteiger partial charge in [0, 0.05) is 0 Å². The van der Waals surface area contributed by atoms with Gasteiger partial charge in [0.25, 0.3) is 0 Å². The monoisotopic (exact) mass is 616 g/mol. The average molecular weight is 617 g/mol. The van der Waals surface area contributed by atoms with Crippen molar-refractivity contribution in [1.82, 2.24) is 0 Å². The minimum atomic E-state index is -3.26. The fourth-order valence-electron chi connectivity index (χ4n) is 5.00. The van der Waals surface area contributed by atoms with Crippen LogP contribution in [0.4, 0.5) is 0 Å². The number of unbranched alkanes of at least 4 members (excludes halogenated alkanes) is 2. The summed E-state index contributed by atoms with van der Waals surface area (Å²) in [5.74, 6) is 0. The second-order valence-electron chi connectivity index (χ2n) is 12.0. The molecule has 0 atom stereocenters. The molecular weight excluding hydrogens is 565 g/mol. The van der Waals surface area contributed by atoms with E-state index in [1.54, 1.807) is 0 Å². The van der Waals surface area contributed by atoms with E-state index in [1.165, 1.54) is 12.8 Å². The van der Waals surface area contributed by atoms with Gasteiger partial charge in [-0.1, -0.05) is 100 Å².